The zero-order chi connectivity index (χ0) is 14.0. The summed E-state index contributed by atoms with van der Waals surface area (Å²) >= 11 is 3.22. The molecule has 1 nitrogen and oxygen atoms in total. The highest BCUT2D eigenvalue weighted by Gasteiger charge is 2.14. The van der Waals surface area contributed by atoms with Crippen LogP contribution in [0.15, 0.2) is 40.9 Å². The van der Waals surface area contributed by atoms with Gasteiger partial charge in [0.2, 0.25) is 0 Å². The first kappa shape index (κ1) is 14.1. The number of hydrogen-bond acceptors (Lipinski definition) is 1. The quantitative estimate of drug-likeness (QED) is 0.901. The van der Waals surface area contributed by atoms with Crippen molar-refractivity contribution in [3.63, 3.8) is 0 Å². The molecule has 19 heavy (non-hydrogen) atoms. The van der Waals surface area contributed by atoms with Crippen molar-refractivity contribution in [1.29, 1.82) is 0 Å². The van der Waals surface area contributed by atoms with Crippen molar-refractivity contribution in [2.75, 3.05) is 0 Å². The SMILES string of the molecule is NC(Cc1ccc(F)cc1F)c1ccc(F)cc1Br. The maximum Gasteiger partial charge on any atom is 0.129 e. The molecule has 0 heterocycles. The minimum absolute atomic E-state index is 0.205. The molecule has 1 unspecified atom stereocenters. The zero-order valence-electron chi connectivity index (χ0n) is 9.84. The van der Waals surface area contributed by atoms with Gasteiger partial charge < -0.3 is 5.73 Å². The molecule has 5 heteroatoms. The van der Waals surface area contributed by atoms with Gasteiger partial charge in [0.15, 0.2) is 0 Å². The Bertz CT molecular complexity index is 601. The lowest BCUT2D eigenvalue weighted by atomic mass is 9.99. The van der Waals surface area contributed by atoms with Gasteiger partial charge in [0.25, 0.3) is 0 Å². The molecule has 100 valence electrons. The number of nitrogens with two attached hydrogens (primary N) is 1. The Hall–Kier alpha value is -1.33. The molecule has 0 spiro atoms. The highest BCUT2D eigenvalue weighted by molar-refractivity contribution is 9.10. The predicted molar refractivity (Wildman–Crippen MR) is 71.1 cm³/mol. The van der Waals surface area contributed by atoms with E-state index in [1.807, 2.05) is 0 Å². The highest BCUT2D eigenvalue weighted by atomic mass is 79.9. The van der Waals surface area contributed by atoms with E-state index in [0.29, 0.717) is 15.6 Å². The van der Waals surface area contributed by atoms with Crippen LogP contribution in [0.2, 0.25) is 0 Å². The second-order valence-electron chi connectivity index (χ2n) is 4.21. The fourth-order valence-electron chi connectivity index (χ4n) is 1.84. The van der Waals surface area contributed by atoms with Crippen LogP contribution in [0.5, 0.6) is 0 Å². The maximum atomic E-state index is 13.5. The van der Waals surface area contributed by atoms with Gasteiger partial charge in [-0.1, -0.05) is 28.1 Å². The standard InChI is InChI=1S/C14H11BrF3N/c15-12-6-9(16)3-4-11(12)14(19)5-8-1-2-10(17)7-13(8)18/h1-4,6-7,14H,5,19H2. The first-order chi connectivity index (χ1) is 8.97. The van der Waals surface area contributed by atoms with E-state index in [4.69, 9.17) is 5.73 Å². The molecule has 2 rings (SSSR count). The Morgan fingerprint density at radius 1 is 1.00 bits per heavy atom. The van der Waals surface area contributed by atoms with E-state index in [1.165, 1.54) is 24.3 Å². The van der Waals surface area contributed by atoms with Crippen molar-refractivity contribution in [3.8, 4) is 0 Å². The number of hydrogen-bond donors (Lipinski definition) is 1. The molecule has 0 amide bonds. The van der Waals surface area contributed by atoms with Crippen molar-refractivity contribution in [2.24, 2.45) is 5.73 Å². The lowest BCUT2D eigenvalue weighted by molar-refractivity contribution is 0.562. The first-order valence-corrected chi connectivity index (χ1v) is 6.41. The summed E-state index contributed by atoms with van der Waals surface area (Å²) in [4.78, 5) is 0. The Morgan fingerprint density at radius 3 is 2.26 bits per heavy atom. The molecule has 2 aromatic rings. The van der Waals surface area contributed by atoms with E-state index >= 15 is 0 Å². The van der Waals surface area contributed by atoms with Gasteiger partial charge in [0, 0.05) is 16.6 Å². The molecule has 0 aliphatic heterocycles. The van der Waals surface area contributed by atoms with E-state index < -0.39 is 17.7 Å². The summed E-state index contributed by atoms with van der Waals surface area (Å²) in [5.41, 5.74) is 6.97. The van der Waals surface area contributed by atoms with Crippen LogP contribution in [-0.4, -0.2) is 0 Å². The number of rotatable bonds is 3. The zero-order valence-corrected chi connectivity index (χ0v) is 11.4. The average Bonchev–Trinajstić information content (AvgIpc) is 2.32. The third-order valence-electron chi connectivity index (χ3n) is 2.82. The molecule has 0 aliphatic rings. The van der Waals surface area contributed by atoms with Crippen LogP contribution < -0.4 is 5.73 Å². The molecule has 0 radical (unpaired) electrons. The van der Waals surface area contributed by atoms with Gasteiger partial charge >= 0.3 is 0 Å². The Labute approximate surface area is 117 Å². The summed E-state index contributed by atoms with van der Waals surface area (Å²) < 4.78 is 39.8. The predicted octanol–water partition coefficient (Wildman–Crippen LogP) is 4.11. The molecule has 2 aromatic carbocycles. The van der Waals surface area contributed by atoms with Gasteiger partial charge in [-0.15, -0.1) is 0 Å². The lowest BCUT2D eigenvalue weighted by Gasteiger charge is -2.14. The molecule has 0 aliphatic carbocycles. The molecule has 0 saturated heterocycles. The van der Waals surface area contributed by atoms with Crippen molar-refractivity contribution < 1.29 is 13.2 Å². The topological polar surface area (TPSA) is 26.0 Å². The van der Waals surface area contributed by atoms with Crippen molar-refractivity contribution in [3.05, 3.63) is 69.4 Å². The van der Waals surface area contributed by atoms with E-state index in [2.05, 4.69) is 15.9 Å². The molecule has 0 fully saturated rings. The first-order valence-electron chi connectivity index (χ1n) is 5.62. The van der Waals surface area contributed by atoms with Crippen molar-refractivity contribution in [1.82, 2.24) is 0 Å². The molecular formula is C14H11BrF3N. The van der Waals surface area contributed by atoms with Crippen molar-refractivity contribution >= 4 is 15.9 Å². The normalized spacial score (nSPS) is 12.5. The Morgan fingerprint density at radius 2 is 1.63 bits per heavy atom. The van der Waals surface area contributed by atoms with Crippen LogP contribution in [0.4, 0.5) is 13.2 Å². The van der Waals surface area contributed by atoms with Crippen LogP contribution in [0, 0.1) is 17.5 Å². The van der Waals surface area contributed by atoms with Gasteiger partial charge in [0.1, 0.15) is 17.5 Å². The van der Waals surface area contributed by atoms with E-state index in [0.717, 1.165) is 6.07 Å². The number of benzene rings is 2. The van der Waals surface area contributed by atoms with Gasteiger partial charge in [-0.25, -0.2) is 13.2 Å². The average molecular weight is 330 g/mol. The summed E-state index contributed by atoms with van der Waals surface area (Å²) in [5, 5.41) is 0. The Balaban J connectivity index is 2.23. The van der Waals surface area contributed by atoms with Gasteiger partial charge in [-0.3, -0.25) is 0 Å². The number of halogens is 4. The monoisotopic (exact) mass is 329 g/mol. The van der Waals surface area contributed by atoms with Crippen LogP contribution >= 0.6 is 15.9 Å². The largest absolute Gasteiger partial charge is 0.324 e. The summed E-state index contributed by atoms with van der Waals surface area (Å²) in [7, 11) is 0. The van der Waals surface area contributed by atoms with Crippen LogP contribution in [0.3, 0.4) is 0 Å². The highest BCUT2D eigenvalue weighted by Crippen LogP contribution is 2.26. The second kappa shape index (κ2) is 5.75. The van der Waals surface area contributed by atoms with E-state index in [9.17, 15) is 13.2 Å². The van der Waals surface area contributed by atoms with Crippen LogP contribution in [0.25, 0.3) is 0 Å². The summed E-state index contributed by atoms with van der Waals surface area (Å²) in [6.07, 6.45) is 0.205. The summed E-state index contributed by atoms with van der Waals surface area (Å²) in [6, 6.07) is 7.01. The minimum atomic E-state index is -0.631. The smallest absolute Gasteiger partial charge is 0.129 e. The third-order valence-corrected chi connectivity index (χ3v) is 3.50. The minimum Gasteiger partial charge on any atom is -0.324 e. The molecule has 0 saturated carbocycles. The van der Waals surface area contributed by atoms with E-state index in [-0.39, 0.29) is 12.2 Å². The fourth-order valence-corrected chi connectivity index (χ4v) is 2.48. The van der Waals surface area contributed by atoms with Gasteiger partial charge in [-0.2, -0.15) is 0 Å². The van der Waals surface area contributed by atoms with Crippen LogP contribution in [-0.2, 0) is 6.42 Å². The van der Waals surface area contributed by atoms with Crippen molar-refractivity contribution in [2.45, 2.75) is 12.5 Å². The third kappa shape index (κ3) is 3.36. The van der Waals surface area contributed by atoms with E-state index in [1.54, 1.807) is 6.07 Å². The molecule has 0 aromatic heterocycles. The molecule has 0 bridgehead atoms. The fraction of sp³-hybridized carbons (Fsp3) is 0.143. The van der Waals surface area contributed by atoms with Gasteiger partial charge in [-0.05, 0) is 35.7 Å². The second-order valence-corrected chi connectivity index (χ2v) is 5.07. The van der Waals surface area contributed by atoms with Crippen LogP contribution in [0.1, 0.15) is 17.2 Å². The maximum absolute atomic E-state index is 13.5. The summed E-state index contributed by atoms with van der Waals surface area (Å²) in [6.45, 7) is 0. The Kier molecular flexibility index (Phi) is 4.27. The molecule has 2 N–H and O–H groups in total. The molecule has 1 atom stereocenters. The lowest BCUT2D eigenvalue weighted by Crippen LogP contribution is -2.15. The summed E-state index contributed by atoms with van der Waals surface area (Å²) in [5.74, 6) is -1.64. The van der Waals surface area contributed by atoms with Gasteiger partial charge in [0.05, 0.1) is 0 Å². The molecular weight excluding hydrogens is 319 g/mol.